The molecule has 54 valence electrons. The summed E-state index contributed by atoms with van der Waals surface area (Å²) in [5.74, 6) is 0. The van der Waals surface area contributed by atoms with Gasteiger partial charge in [0.2, 0.25) is 0 Å². The molecule has 0 nitrogen and oxygen atoms in total. The van der Waals surface area contributed by atoms with Gasteiger partial charge in [0.1, 0.15) is 0 Å². The molecule has 0 bridgehead atoms. The third-order valence-electron chi connectivity index (χ3n) is 0.999. The van der Waals surface area contributed by atoms with E-state index in [-0.39, 0.29) is 14.0 Å². The molecular formula is C6H3Cl3Se. The molecule has 1 aromatic carbocycles. The molecule has 0 radical (unpaired) electrons. The molecule has 0 aromatic heterocycles. The van der Waals surface area contributed by atoms with Crippen LogP contribution in [-0.4, -0.2) is 14.0 Å². The summed E-state index contributed by atoms with van der Waals surface area (Å²) >= 11 is 11.4. The van der Waals surface area contributed by atoms with Gasteiger partial charge in [-0.05, 0) is 0 Å². The molecule has 0 amide bonds. The molecule has 10 heavy (non-hydrogen) atoms. The van der Waals surface area contributed by atoms with Crippen LogP contribution >= 0.6 is 33.3 Å². The zero-order valence-corrected chi connectivity index (χ0v) is 8.76. The fourth-order valence-corrected chi connectivity index (χ4v) is 2.69. The molecule has 4 heteroatoms. The third kappa shape index (κ3) is 1.81. The van der Waals surface area contributed by atoms with Gasteiger partial charge >= 0.3 is 80.1 Å². The van der Waals surface area contributed by atoms with Crippen molar-refractivity contribution in [3.8, 4) is 0 Å². The Balaban J connectivity index is 3.14. The van der Waals surface area contributed by atoms with E-state index in [1.807, 2.05) is 12.1 Å². The first-order valence-electron chi connectivity index (χ1n) is 2.48. The molecule has 0 N–H and O–H groups in total. The quantitative estimate of drug-likeness (QED) is 0.681. The molecule has 0 atom stereocenters. The second-order valence-electron chi connectivity index (χ2n) is 1.63. The van der Waals surface area contributed by atoms with Crippen LogP contribution in [0.1, 0.15) is 0 Å². The summed E-state index contributed by atoms with van der Waals surface area (Å²) in [5, 5.41) is 1.15. The van der Waals surface area contributed by atoms with Gasteiger partial charge in [-0.1, -0.05) is 0 Å². The van der Waals surface area contributed by atoms with Gasteiger partial charge in [-0.25, -0.2) is 0 Å². The van der Waals surface area contributed by atoms with E-state index >= 15 is 0 Å². The average molecular weight is 260 g/mol. The monoisotopic (exact) mass is 260 g/mol. The van der Waals surface area contributed by atoms with E-state index in [2.05, 4.69) is 0 Å². The van der Waals surface area contributed by atoms with E-state index in [0.29, 0.717) is 10.0 Å². The van der Waals surface area contributed by atoms with E-state index in [1.165, 1.54) is 0 Å². The van der Waals surface area contributed by atoms with Crippen LogP contribution in [0.3, 0.4) is 0 Å². The van der Waals surface area contributed by atoms with E-state index < -0.39 is 0 Å². The van der Waals surface area contributed by atoms with Gasteiger partial charge in [-0.15, -0.1) is 0 Å². The zero-order chi connectivity index (χ0) is 7.56. The Kier molecular flexibility index (Phi) is 3.35. The van der Waals surface area contributed by atoms with E-state index in [9.17, 15) is 0 Å². The van der Waals surface area contributed by atoms with Crippen molar-refractivity contribution in [1.29, 1.82) is 0 Å². The van der Waals surface area contributed by atoms with Crippen LogP contribution in [0.5, 0.6) is 0 Å². The number of rotatable bonds is 1. The molecule has 0 spiro atoms. The number of hydrogen-bond donors (Lipinski definition) is 0. The van der Waals surface area contributed by atoms with Crippen molar-refractivity contribution in [2.24, 2.45) is 0 Å². The van der Waals surface area contributed by atoms with Gasteiger partial charge in [-0.2, -0.15) is 0 Å². The van der Waals surface area contributed by atoms with Crippen molar-refractivity contribution >= 4 is 51.8 Å². The van der Waals surface area contributed by atoms with Crippen molar-refractivity contribution in [2.45, 2.75) is 0 Å². The standard InChI is InChI=1S/C6H3Cl3Se/c7-4-2-1-3-5(10-9)6(4)8/h1-3H. The Morgan fingerprint density at radius 1 is 1.20 bits per heavy atom. The van der Waals surface area contributed by atoms with Crippen LogP contribution in [0, 0.1) is 0 Å². The number of benzene rings is 1. The summed E-state index contributed by atoms with van der Waals surface area (Å²) in [7, 11) is 5.62. The molecule has 0 aliphatic heterocycles. The molecule has 0 aliphatic carbocycles. The molecule has 0 saturated carbocycles. The van der Waals surface area contributed by atoms with Gasteiger partial charge in [-0.3, -0.25) is 0 Å². The number of hydrogen-bond acceptors (Lipinski definition) is 0. The van der Waals surface area contributed by atoms with Crippen LogP contribution in [0.4, 0.5) is 0 Å². The van der Waals surface area contributed by atoms with Crippen molar-refractivity contribution < 1.29 is 0 Å². The van der Waals surface area contributed by atoms with Crippen molar-refractivity contribution in [1.82, 2.24) is 0 Å². The Labute approximate surface area is 79.8 Å². The summed E-state index contributed by atoms with van der Waals surface area (Å²) in [6.07, 6.45) is 0. The topological polar surface area (TPSA) is 0 Å². The Hall–Kier alpha value is 0.609. The van der Waals surface area contributed by atoms with Gasteiger partial charge in [0.05, 0.1) is 0 Å². The number of halogens is 3. The van der Waals surface area contributed by atoms with Gasteiger partial charge in [0.15, 0.2) is 0 Å². The minimum atomic E-state index is -0.0953. The van der Waals surface area contributed by atoms with Crippen molar-refractivity contribution in [3.63, 3.8) is 0 Å². The van der Waals surface area contributed by atoms with Crippen molar-refractivity contribution in [2.75, 3.05) is 0 Å². The fraction of sp³-hybridized carbons (Fsp3) is 0. The predicted octanol–water partition coefficient (Wildman–Crippen LogP) is 2.48. The first-order valence-corrected chi connectivity index (χ1v) is 6.34. The minimum absolute atomic E-state index is 0.0953. The fourth-order valence-electron chi connectivity index (χ4n) is 0.544. The summed E-state index contributed by atoms with van der Waals surface area (Å²) in [6.45, 7) is 0. The molecule has 0 fully saturated rings. The Morgan fingerprint density at radius 3 is 2.40 bits per heavy atom. The molecule has 0 heterocycles. The Morgan fingerprint density at radius 2 is 1.90 bits per heavy atom. The summed E-state index contributed by atoms with van der Waals surface area (Å²) in [6, 6.07) is 5.46. The normalized spacial score (nSPS) is 9.90. The third-order valence-corrected chi connectivity index (χ3v) is 4.00. The van der Waals surface area contributed by atoms with Crippen molar-refractivity contribution in [3.05, 3.63) is 28.2 Å². The zero-order valence-electron chi connectivity index (χ0n) is 4.77. The summed E-state index contributed by atoms with van der Waals surface area (Å²) in [5.41, 5.74) is 0. The molecular weight excluding hydrogens is 257 g/mol. The first-order chi connectivity index (χ1) is 4.75. The predicted molar refractivity (Wildman–Crippen MR) is 47.7 cm³/mol. The SMILES string of the molecule is Cl[Se]c1cccc(Cl)c1Cl. The van der Waals surface area contributed by atoms with Gasteiger partial charge in [0, 0.05) is 0 Å². The maximum absolute atomic E-state index is 5.79. The van der Waals surface area contributed by atoms with Gasteiger partial charge < -0.3 is 0 Å². The molecule has 0 saturated heterocycles. The Bertz CT molecular complexity index is 236. The van der Waals surface area contributed by atoms with Crippen LogP contribution in [0.2, 0.25) is 10.0 Å². The summed E-state index contributed by atoms with van der Waals surface area (Å²) in [4.78, 5) is 0. The van der Waals surface area contributed by atoms with Gasteiger partial charge in [0.25, 0.3) is 0 Å². The molecule has 1 aromatic rings. The second-order valence-corrected chi connectivity index (χ2v) is 4.46. The first kappa shape index (κ1) is 8.70. The molecule has 1 rings (SSSR count). The van der Waals surface area contributed by atoms with E-state index in [4.69, 9.17) is 33.3 Å². The van der Waals surface area contributed by atoms with E-state index in [0.717, 1.165) is 4.46 Å². The summed E-state index contributed by atoms with van der Waals surface area (Å²) < 4.78 is 0.934. The second kappa shape index (κ2) is 3.85. The van der Waals surface area contributed by atoms with E-state index in [1.54, 1.807) is 6.07 Å². The molecule has 0 aliphatic rings. The van der Waals surface area contributed by atoms with Crippen LogP contribution in [-0.2, 0) is 0 Å². The maximum atomic E-state index is 5.79. The average Bonchev–Trinajstić information content (AvgIpc) is 1.95. The van der Waals surface area contributed by atoms with Crippen LogP contribution in [0.15, 0.2) is 18.2 Å². The van der Waals surface area contributed by atoms with Crippen LogP contribution < -0.4 is 4.46 Å². The van der Waals surface area contributed by atoms with Crippen LogP contribution in [0.25, 0.3) is 0 Å². The molecule has 0 unspecified atom stereocenters.